The quantitative estimate of drug-likeness (QED) is 0.858. The molecule has 1 heterocycles. The van der Waals surface area contributed by atoms with Crippen LogP contribution in [0.4, 0.5) is 0 Å². The summed E-state index contributed by atoms with van der Waals surface area (Å²) in [6.07, 6.45) is 5.49. The van der Waals surface area contributed by atoms with Gasteiger partial charge in [-0.3, -0.25) is 0 Å². The lowest BCUT2D eigenvalue weighted by Gasteiger charge is -2.45. The topological polar surface area (TPSA) is 44.5 Å². The number of benzene rings is 1. The van der Waals surface area contributed by atoms with Crippen LogP contribution in [0.15, 0.2) is 22.7 Å². The monoisotopic (exact) mass is 325 g/mol. The zero-order valence-electron chi connectivity index (χ0n) is 11.2. The van der Waals surface area contributed by atoms with E-state index in [1.54, 1.807) is 7.11 Å². The van der Waals surface area contributed by atoms with E-state index in [4.69, 9.17) is 15.2 Å². The minimum Gasteiger partial charge on any atom is -0.487 e. The number of ether oxygens (including phenoxy) is 2. The molecule has 3 rings (SSSR count). The van der Waals surface area contributed by atoms with Crippen molar-refractivity contribution in [3.63, 3.8) is 0 Å². The number of hydrogen-bond donors (Lipinski definition) is 1. The van der Waals surface area contributed by atoms with Crippen LogP contribution < -0.4 is 10.5 Å². The van der Waals surface area contributed by atoms with Gasteiger partial charge in [-0.25, -0.2) is 0 Å². The highest BCUT2D eigenvalue weighted by Gasteiger charge is 2.42. The lowest BCUT2D eigenvalue weighted by Crippen LogP contribution is -2.46. The van der Waals surface area contributed by atoms with E-state index in [1.165, 1.54) is 0 Å². The van der Waals surface area contributed by atoms with E-state index in [9.17, 15) is 0 Å². The van der Waals surface area contributed by atoms with Gasteiger partial charge >= 0.3 is 0 Å². The molecule has 1 aliphatic carbocycles. The van der Waals surface area contributed by atoms with Gasteiger partial charge in [0.1, 0.15) is 11.4 Å². The van der Waals surface area contributed by atoms with Crippen LogP contribution in [-0.2, 0) is 4.74 Å². The second-order valence-corrected chi connectivity index (χ2v) is 6.63. The fraction of sp³-hybridized carbons (Fsp3) is 0.600. The Balaban J connectivity index is 1.84. The van der Waals surface area contributed by atoms with Crippen molar-refractivity contribution in [3.8, 4) is 5.75 Å². The molecule has 0 bridgehead atoms. The van der Waals surface area contributed by atoms with Crippen LogP contribution in [0.3, 0.4) is 0 Å². The molecule has 0 saturated heterocycles. The molecule has 19 heavy (non-hydrogen) atoms. The highest BCUT2D eigenvalue weighted by Crippen LogP contribution is 2.46. The predicted octanol–water partition coefficient (Wildman–Crippen LogP) is 3.56. The number of nitrogens with two attached hydrogens (primary N) is 1. The lowest BCUT2D eigenvalue weighted by molar-refractivity contribution is -0.0428. The molecule has 1 aliphatic heterocycles. The molecule has 1 spiro atoms. The first kappa shape index (κ1) is 13.4. The smallest absolute Gasteiger partial charge is 0.126 e. The summed E-state index contributed by atoms with van der Waals surface area (Å²) in [4.78, 5) is 0. The first-order valence-electron chi connectivity index (χ1n) is 6.89. The SMILES string of the molecule is COC1CCC2(CC1)C[C@@H](N)c1ccc(Br)cc1O2. The van der Waals surface area contributed by atoms with Crippen LogP contribution in [0.1, 0.15) is 43.7 Å². The van der Waals surface area contributed by atoms with Gasteiger partial charge in [-0.1, -0.05) is 22.0 Å². The first-order chi connectivity index (χ1) is 9.12. The minimum absolute atomic E-state index is 0.0796. The van der Waals surface area contributed by atoms with Crippen LogP contribution in [0.2, 0.25) is 0 Å². The zero-order valence-corrected chi connectivity index (χ0v) is 12.8. The van der Waals surface area contributed by atoms with Crippen molar-refractivity contribution in [2.24, 2.45) is 5.73 Å². The van der Waals surface area contributed by atoms with Crippen molar-refractivity contribution in [1.82, 2.24) is 0 Å². The summed E-state index contributed by atoms with van der Waals surface area (Å²) in [5, 5.41) is 0. The van der Waals surface area contributed by atoms with E-state index in [0.717, 1.165) is 47.9 Å². The summed E-state index contributed by atoms with van der Waals surface area (Å²) < 4.78 is 12.8. The van der Waals surface area contributed by atoms with Crippen molar-refractivity contribution in [2.75, 3.05) is 7.11 Å². The standard InChI is InChI=1S/C15H20BrNO2/c1-18-11-4-6-15(7-5-11)9-13(17)12-3-2-10(16)8-14(12)19-15/h2-3,8,11,13H,4-7,9,17H2,1H3/t11?,13-,15?/m1/s1. The summed E-state index contributed by atoms with van der Waals surface area (Å²) in [6.45, 7) is 0. The molecule has 2 N–H and O–H groups in total. The maximum atomic E-state index is 6.34. The van der Waals surface area contributed by atoms with E-state index in [2.05, 4.69) is 22.0 Å². The molecule has 1 atom stereocenters. The average molecular weight is 326 g/mol. The third-order valence-electron chi connectivity index (χ3n) is 4.47. The highest BCUT2D eigenvalue weighted by molar-refractivity contribution is 9.10. The number of halogens is 1. The maximum absolute atomic E-state index is 6.34. The Morgan fingerprint density at radius 1 is 1.37 bits per heavy atom. The van der Waals surface area contributed by atoms with Crippen LogP contribution >= 0.6 is 15.9 Å². The number of fused-ring (bicyclic) bond motifs is 1. The second-order valence-electron chi connectivity index (χ2n) is 5.71. The third kappa shape index (κ3) is 2.54. The number of rotatable bonds is 1. The fourth-order valence-corrected chi connectivity index (χ4v) is 3.69. The zero-order chi connectivity index (χ0) is 13.5. The summed E-state index contributed by atoms with van der Waals surface area (Å²) in [6, 6.07) is 6.22. The minimum atomic E-state index is -0.0811. The first-order valence-corrected chi connectivity index (χ1v) is 7.68. The second kappa shape index (κ2) is 5.08. The van der Waals surface area contributed by atoms with Crippen LogP contribution in [0, 0.1) is 0 Å². The molecule has 0 unspecified atom stereocenters. The molecule has 2 aliphatic rings. The van der Waals surface area contributed by atoms with Gasteiger partial charge < -0.3 is 15.2 Å². The maximum Gasteiger partial charge on any atom is 0.126 e. The Hall–Kier alpha value is -0.580. The number of hydrogen-bond acceptors (Lipinski definition) is 3. The predicted molar refractivity (Wildman–Crippen MR) is 78.3 cm³/mol. The Morgan fingerprint density at radius 2 is 2.11 bits per heavy atom. The molecular formula is C15H20BrNO2. The average Bonchev–Trinajstić information content (AvgIpc) is 2.39. The summed E-state index contributed by atoms with van der Waals surface area (Å²) in [5.41, 5.74) is 7.39. The van der Waals surface area contributed by atoms with E-state index < -0.39 is 0 Å². The number of methoxy groups -OCH3 is 1. The molecule has 0 amide bonds. The Kier molecular flexibility index (Phi) is 3.58. The van der Waals surface area contributed by atoms with E-state index >= 15 is 0 Å². The van der Waals surface area contributed by atoms with E-state index in [1.807, 2.05) is 12.1 Å². The van der Waals surface area contributed by atoms with Gasteiger partial charge in [0.2, 0.25) is 0 Å². The van der Waals surface area contributed by atoms with Gasteiger partial charge in [-0.15, -0.1) is 0 Å². The molecule has 1 saturated carbocycles. The Morgan fingerprint density at radius 3 is 2.79 bits per heavy atom. The van der Waals surface area contributed by atoms with Crippen molar-refractivity contribution in [1.29, 1.82) is 0 Å². The highest BCUT2D eigenvalue weighted by atomic mass is 79.9. The van der Waals surface area contributed by atoms with Crippen LogP contribution in [-0.4, -0.2) is 18.8 Å². The van der Waals surface area contributed by atoms with Gasteiger partial charge in [0, 0.05) is 29.6 Å². The Bertz CT molecular complexity index is 469. The molecule has 4 heteroatoms. The summed E-state index contributed by atoms with van der Waals surface area (Å²) >= 11 is 3.50. The normalized spacial score (nSPS) is 33.8. The molecule has 3 nitrogen and oxygen atoms in total. The van der Waals surface area contributed by atoms with Crippen molar-refractivity contribution in [2.45, 2.75) is 49.9 Å². The molecule has 0 aromatic heterocycles. The lowest BCUT2D eigenvalue weighted by atomic mass is 9.76. The van der Waals surface area contributed by atoms with Crippen molar-refractivity contribution < 1.29 is 9.47 Å². The molecule has 1 aromatic carbocycles. The van der Waals surface area contributed by atoms with Gasteiger partial charge in [-0.2, -0.15) is 0 Å². The van der Waals surface area contributed by atoms with Gasteiger partial charge in [0.25, 0.3) is 0 Å². The molecule has 0 radical (unpaired) electrons. The fourth-order valence-electron chi connectivity index (χ4n) is 3.35. The van der Waals surface area contributed by atoms with Gasteiger partial charge in [0.05, 0.1) is 6.10 Å². The third-order valence-corrected chi connectivity index (χ3v) is 4.96. The van der Waals surface area contributed by atoms with E-state index in [0.29, 0.717) is 6.10 Å². The molecule has 104 valence electrons. The van der Waals surface area contributed by atoms with Crippen LogP contribution in [0.25, 0.3) is 0 Å². The van der Waals surface area contributed by atoms with Crippen LogP contribution in [0.5, 0.6) is 5.75 Å². The van der Waals surface area contributed by atoms with Gasteiger partial charge in [0.15, 0.2) is 0 Å². The van der Waals surface area contributed by atoms with Crippen molar-refractivity contribution >= 4 is 15.9 Å². The Labute approximate surface area is 122 Å². The largest absolute Gasteiger partial charge is 0.487 e. The van der Waals surface area contributed by atoms with E-state index in [-0.39, 0.29) is 11.6 Å². The van der Waals surface area contributed by atoms with Gasteiger partial charge in [-0.05, 0) is 37.8 Å². The molecule has 1 aromatic rings. The van der Waals surface area contributed by atoms with Crippen molar-refractivity contribution in [3.05, 3.63) is 28.2 Å². The summed E-state index contributed by atoms with van der Waals surface area (Å²) in [7, 11) is 1.79. The summed E-state index contributed by atoms with van der Waals surface area (Å²) in [5.74, 6) is 0.948. The molecule has 1 fully saturated rings. The molecular weight excluding hydrogens is 306 g/mol.